The van der Waals surface area contributed by atoms with Crippen molar-refractivity contribution < 1.29 is 0 Å². The Morgan fingerprint density at radius 2 is 1.69 bits per heavy atom. The van der Waals surface area contributed by atoms with Crippen LogP contribution in [-0.2, 0) is 0 Å². The van der Waals surface area contributed by atoms with Gasteiger partial charge < -0.3 is 9.80 Å². The number of hydrogen-bond acceptors (Lipinski definition) is 2. The molecule has 148 valence electrons. The number of rotatable bonds is 7. The second-order valence-electron chi connectivity index (χ2n) is 10.3. The minimum Gasteiger partial charge on any atom is -0.304 e. The molecule has 2 rings (SSSR count). The van der Waals surface area contributed by atoms with Crippen LogP contribution in [0.2, 0.25) is 0 Å². The molecule has 3 heteroatoms. The molecule has 0 aliphatic carbocycles. The molecule has 1 aliphatic heterocycles. The Balaban J connectivity index is 2.05. The van der Waals surface area contributed by atoms with Gasteiger partial charge in [0.15, 0.2) is 0 Å². The fraction of sp³-hybridized carbons (Fsp3) is 0.739. The van der Waals surface area contributed by atoms with Crippen molar-refractivity contribution in [2.75, 3.05) is 39.8 Å². The van der Waals surface area contributed by atoms with Crippen LogP contribution in [0.5, 0.6) is 0 Å². The molecule has 1 heterocycles. The lowest BCUT2D eigenvalue weighted by Gasteiger charge is -2.37. The molecule has 26 heavy (non-hydrogen) atoms. The van der Waals surface area contributed by atoms with E-state index in [-0.39, 0.29) is 0 Å². The van der Waals surface area contributed by atoms with E-state index in [0.29, 0.717) is 16.7 Å². The van der Waals surface area contributed by atoms with Crippen LogP contribution in [0.25, 0.3) is 0 Å². The molecule has 1 saturated heterocycles. The minimum atomic E-state index is 0.393. The number of hydrogen-bond donors (Lipinski definition) is 0. The number of nitrogens with zero attached hydrogens (tertiary/aromatic N) is 2. The lowest BCUT2D eigenvalue weighted by molar-refractivity contribution is 0.138. The van der Waals surface area contributed by atoms with Gasteiger partial charge in [-0.05, 0) is 60.8 Å². The standard InChI is InChI=1S/C23H39BrN2/c1-22(2,3)18-23(4,5)11-10-20(19-8-7-9-21(24)16-19)17-26-14-12-25(6)13-15-26/h7-9,16,20H,10-15,17-18H2,1-6H3. The van der Waals surface area contributed by atoms with Gasteiger partial charge in [-0.2, -0.15) is 0 Å². The number of benzene rings is 1. The van der Waals surface area contributed by atoms with Crippen molar-refractivity contribution in [1.82, 2.24) is 9.80 Å². The summed E-state index contributed by atoms with van der Waals surface area (Å²) in [6, 6.07) is 8.98. The SMILES string of the molecule is CN1CCN(CC(CCC(C)(C)CC(C)(C)C)c2cccc(Br)c2)CC1. The lowest BCUT2D eigenvalue weighted by Crippen LogP contribution is -2.45. The van der Waals surface area contributed by atoms with Gasteiger partial charge in [0.25, 0.3) is 0 Å². The highest BCUT2D eigenvalue weighted by atomic mass is 79.9. The fourth-order valence-electron chi connectivity index (χ4n) is 4.56. The first-order valence-corrected chi connectivity index (χ1v) is 11.0. The minimum absolute atomic E-state index is 0.393. The second kappa shape index (κ2) is 9.21. The molecule has 0 bridgehead atoms. The normalized spacial score (nSPS) is 18.9. The molecule has 1 atom stereocenters. The number of likely N-dealkylation sites (N-methyl/N-ethyl adjacent to an activating group) is 1. The Kier molecular flexibility index (Phi) is 7.76. The third kappa shape index (κ3) is 7.70. The van der Waals surface area contributed by atoms with E-state index < -0.39 is 0 Å². The first kappa shape index (κ1) is 21.9. The van der Waals surface area contributed by atoms with Gasteiger partial charge in [0.2, 0.25) is 0 Å². The van der Waals surface area contributed by atoms with E-state index in [1.807, 2.05) is 0 Å². The monoisotopic (exact) mass is 422 g/mol. The van der Waals surface area contributed by atoms with Gasteiger partial charge >= 0.3 is 0 Å². The predicted octanol–water partition coefficient (Wildman–Crippen LogP) is 6.02. The lowest BCUT2D eigenvalue weighted by atomic mass is 9.72. The average Bonchev–Trinajstić information content (AvgIpc) is 2.51. The van der Waals surface area contributed by atoms with Gasteiger partial charge in [-0.3, -0.25) is 0 Å². The van der Waals surface area contributed by atoms with Crippen LogP contribution in [0, 0.1) is 10.8 Å². The Labute approximate surface area is 170 Å². The fourth-order valence-corrected chi connectivity index (χ4v) is 4.97. The van der Waals surface area contributed by atoms with Crippen LogP contribution >= 0.6 is 15.9 Å². The molecule has 0 radical (unpaired) electrons. The summed E-state index contributed by atoms with van der Waals surface area (Å²) in [6.45, 7) is 18.0. The van der Waals surface area contributed by atoms with E-state index in [4.69, 9.17) is 0 Å². The Bertz CT molecular complexity index is 554. The summed E-state index contributed by atoms with van der Waals surface area (Å²) in [5, 5.41) is 0. The van der Waals surface area contributed by atoms with Crippen LogP contribution in [0.3, 0.4) is 0 Å². The highest BCUT2D eigenvalue weighted by Gasteiger charge is 2.27. The summed E-state index contributed by atoms with van der Waals surface area (Å²) < 4.78 is 1.20. The Hall–Kier alpha value is -0.380. The number of piperazine rings is 1. The summed E-state index contributed by atoms with van der Waals surface area (Å²) in [4.78, 5) is 5.11. The topological polar surface area (TPSA) is 6.48 Å². The zero-order valence-corrected chi connectivity index (χ0v) is 19.4. The summed E-state index contributed by atoms with van der Waals surface area (Å²) >= 11 is 3.67. The highest BCUT2D eigenvalue weighted by Crippen LogP contribution is 2.39. The largest absolute Gasteiger partial charge is 0.304 e. The third-order valence-corrected chi connectivity index (χ3v) is 6.07. The van der Waals surface area contributed by atoms with E-state index >= 15 is 0 Å². The molecule has 1 unspecified atom stereocenters. The predicted molar refractivity (Wildman–Crippen MR) is 118 cm³/mol. The molecule has 0 amide bonds. The van der Waals surface area contributed by atoms with Gasteiger partial charge in [0, 0.05) is 37.2 Å². The maximum absolute atomic E-state index is 3.67. The first-order chi connectivity index (χ1) is 12.0. The maximum atomic E-state index is 3.67. The van der Waals surface area contributed by atoms with Gasteiger partial charge in [0.1, 0.15) is 0 Å². The zero-order chi connectivity index (χ0) is 19.4. The summed E-state index contributed by atoms with van der Waals surface area (Å²) in [5.41, 5.74) is 2.28. The summed E-state index contributed by atoms with van der Waals surface area (Å²) in [6.07, 6.45) is 3.83. The van der Waals surface area contributed by atoms with E-state index in [9.17, 15) is 0 Å². The molecule has 0 saturated carbocycles. The van der Waals surface area contributed by atoms with Gasteiger partial charge in [0.05, 0.1) is 0 Å². The van der Waals surface area contributed by atoms with Gasteiger partial charge in [-0.1, -0.05) is 62.7 Å². The molecule has 1 aromatic carbocycles. The molecule has 0 N–H and O–H groups in total. The van der Waals surface area contributed by atoms with Crippen molar-refractivity contribution in [2.45, 2.75) is 59.8 Å². The van der Waals surface area contributed by atoms with Gasteiger partial charge in [-0.15, -0.1) is 0 Å². The van der Waals surface area contributed by atoms with E-state index in [0.717, 1.165) is 0 Å². The summed E-state index contributed by atoms with van der Waals surface area (Å²) in [5.74, 6) is 0.621. The summed E-state index contributed by atoms with van der Waals surface area (Å²) in [7, 11) is 2.23. The molecule has 2 nitrogen and oxygen atoms in total. The Morgan fingerprint density at radius 1 is 1.04 bits per heavy atom. The number of halogens is 1. The van der Waals surface area contributed by atoms with Crippen LogP contribution < -0.4 is 0 Å². The second-order valence-corrected chi connectivity index (χ2v) is 11.2. The van der Waals surface area contributed by atoms with E-state index in [1.54, 1.807) is 0 Å². The smallest absolute Gasteiger partial charge is 0.0178 e. The van der Waals surface area contributed by atoms with Gasteiger partial charge in [-0.25, -0.2) is 0 Å². The molecular formula is C23H39BrN2. The molecular weight excluding hydrogens is 384 g/mol. The van der Waals surface area contributed by atoms with E-state index in [1.165, 1.54) is 62.0 Å². The van der Waals surface area contributed by atoms with Crippen LogP contribution in [0.1, 0.15) is 65.4 Å². The maximum Gasteiger partial charge on any atom is 0.0178 e. The molecule has 0 aromatic heterocycles. The quantitative estimate of drug-likeness (QED) is 0.529. The average molecular weight is 423 g/mol. The Morgan fingerprint density at radius 3 is 2.27 bits per heavy atom. The zero-order valence-electron chi connectivity index (χ0n) is 17.8. The van der Waals surface area contributed by atoms with Crippen LogP contribution in [0.4, 0.5) is 0 Å². The molecule has 1 fully saturated rings. The molecule has 1 aliphatic rings. The van der Waals surface area contributed by atoms with E-state index in [2.05, 4.69) is 91.7 Å². The van der Waals surface area contributed by atoms with Crippen molar-refractivity contribution in [2.24, 2.45) is 10.8 Å². The van der Waals surface area contributed by atoms with Crippen molar-refractivity contribution in [3.05, 3.63) is 34.3 Å². The molecule has 1 aromatic rings. The molecule has 0 spiro atoms. The van der Waals surface area contributed by atoms with Crippen molar-refractivity contribution in [3.63, 3.8) is 0 Å². The van der Waals surface area contributed by atoms with Crippen molar-refractivity contribution in [3.8, 4) is 0 Å². The van der Waals surface area contributed by atoms with Crippen LogP contribution in [0.15, 0.2) is 28.7 Å². The van der Waals surface area contributed by atoms with Crippen molar-refractivity contribution in [1.29, 1.82) is 0 Å². The third-order valence-electron chi connectivity index (χ3n) is 5.57. The first-order valence-electron chi connectivity index (χ1n) is 10.2. The van der Waals surface area contributed by atoms with Crippen LogP contribution in [-0.4, -0.2) is 49.6 Å². The highest BCUT2D eigenvalue weighted by molar-refractivity contribution is 9.10. The van der Waals surface area contributed by atoms with Crippen molar-refractivity contribution >= 4 is 15.9 Å².